The largest absolute Gasteiger partial charge is 0.390 e. The van der Waals surface area contributed by atoms with Gasteiger partial charge in [0.2, 0.25) is 0 Å². The minimum absolute atomic E-state index is 1.01. The van der Waals surface area contributed by atoms with Crippen LogP contribution in [0, 0.1) is 0 Å². The van der Waals surface area contributed by atoms with Gasteiger partial charge in [0.15, 0.2) is 5.72 Å². The zero-order valence-electron chi connectivity index (χ0n) is 4.55. The van der Waals surface area contributed by atoms with Crippen molar-refractivity contribution in [1.29, 1.82) is 0 Å². The lowest BCUT2D eigenvalue weighted by molar-refractivity contribution is 0.0914. The molecule has 0 aromatic rings. The smallest absolute Gasteiger partial charge is 0.151 e. The molecule has 0 unspecified atom stereocenters. The molecule has 0 aliphatic carbocycles. The van der Waals surface area contributed by atoms with Gasteiger partial charge in [0, 0.05) is 0 Å². The summed E-state index contributed by atoms with van der Waals surface area (Å²) in [7, 11) is 0. The molecule has 3 N–H and O–H groups in total. The quantitative estimate of drug-likeness (QED) is 0.353. The zero-order chi connectivity index (χ0) is 5.91. The van der Waals surface area contributed by atoms with Crippen LogP contribution < -0.4 is 5.73 Å². The normalized spacial score (nSPS) is 13.0. The van der Waals surface area contributed by atoms with Gasteiger partial charge >= 0.3 is 0 Å². The van der Waals surface area contributed by atoms with Crippen LogP contribution in [0.2, 0.25) is 0 Å². The van der Waals surface area contributed by atoms with Crippen LogP contribution in [0.5, 0.6) is 0 Å². The lowest BCUT2D eigenvalue weighted by Gasteiger charge is -2.07. The van der Waals surface area contributed by atoms with E-state index < -0.39 is 5.72 Å². The molecule has 0 rings (SSSR count). The van der Waals surface area contributed by atoms with Crippen molar-refractivity contribution < 1.29 is 5.11 Å². The molecular formula is C4H10N2O. The summed E-state index contributed by atoms with van der Waals surface area (Å²) in [6, 6.07) is 0. The third-order valence-electron chi connectivity index (χ3n) is 0.390. The predicted octanol–water partition coefficient (Wildman–Crippen LogP) is -0.298. The van der Waals surface area contributed by atoms with E-state index in [1.165, 1.54) is 0 Å². The first-order chi connectivity index (χ1) is 3.06. The summed E-state index contributed by atoms with van der Waals surface area (Å²) in [6.07, 6.45) is 1.08. The minimum atomic E-state index is -1.01. The number of hydrogen-bond donors (Lipinski definition) is 2. The van der Waals surface area contributed by atoms with Gasteiger partial charge in [-0.05, 0) is 13.8 Å². The molecule has 0 fully saturated rings. The number of nitrogens with two attached hydrogens (primary N) is 1. The molecule has 0 saturated heterocycles. The average molecular weight is 102 g/mol. The van der Waals surface area contributed by atoms with Gasteiger partial charge in [-0.15, -0.1) is 0 Å². The van der Waals surface area contributed by atoms with Crippen LogP contribution in [0.25, 0.3) is 0 Å². The maximum Gasteiger partial charge on any atom is 0.151 e. The van der Waals surface area contributed by atoms with Crippen LogP contribution in [0.3, 0.4) is 0 Å². The number of aliphatic imine (C=N–C) groups is 1. The van der Waals surface area contributed by atoms with Gasteiger partial charge in [-0.1, -0.05) is 0 Å². The molecule has 0 saturated carbocycles. The van der Waals surface area contributed by atoms with Gasteiger partial charge in [-0.25, -0.2) is 4.99 Å². The summed E-state index contributed by atoms with van der Waals surface area (Å²) in [5.74, 6) is 0. The molecule has 0 spiro atoms. The van der Waals surface area contributed by atoms with E-state index in [1.54, 1.807) is 13.8 Å². The number of hydrogen-bond acceptors (Lipinski definition) is 2. The van der Waals surface area contributed by atoms with Crippen LogP contribution in [0.1, 0.15) is 13.8 Å². The number of rotatable bonds is 1. The molecule has 0 atom stereocenters. The standard InChI is InChI=1S/C4H10N2O/c1-4(2,7)6-3-5/h3,7H,1-2H3,(H2,5,6). The number of nitrogens with zero attached hydrogens (tertiary/aromatic N) is 1. The molecular weight excluding hydrogens is 92.1 g/mol. The van der Waals surface area contributed by atoms with E-state index in [-0.39, 0.29) is 0 Å². The first-order valence-corrected chi connectivity index (χ1v) is 2.04. The highest BCUT2D eigenvalue weighted by atomic mass is 16.3. The van der Waals surface area contributed by atoms with Crippen molar-refractivity contribution in [1.82, 2.24) is 0 Å². The van der Waals surface area contributed by atoms with Crippen molar-refractivity contribution in [2.75, 3.05) is 0 Å². The Morgan fingerprint density at radius 3 is 2.14 bits per heavy atom. The highest BCUT2D eigenvalue weighted by molar-refractivity contribution is 5.51. The van der Waals surface area contributed by atoms with Gasteiger partial charge in [0.1, 0.15) is 0 Å². The summed E-state index contributed by atoms with van der Waals surface area (Å²) in [6.45, 7) is 3.10. The fourth-order valence-corrected chi connectivity index (χ4v) is 0.182. The molecule has 42 valence electrons. The van der Waals surface area contributed by atoms with Crippen LogP contribution in [0.15, 0.2) is 4.99 Å². The summed E-state index contributed by atoms with van der Waals surface area (Å²) in [5.41, 5.74) is 3.86. The minimum Gasteiger partial charge on any atom is -0.390 e. The van der Waals surface area contributed by atoms with Crippen LogP contribution in [-0.4, -0.2) is 17.2 Å². The second-order valence-corrected chi connectivity index (χ2v) is 1.77. The fourth-order valence-electron chi connectivity index (χ4n) is 0.182. The van der Waals surface area contributed by atoms with Crippen molar-refractivity contribution in [3.05, 3.63) is 0 Å². The fraction of sp³-hybridized carbons (Fsp3) is 0.750. The Kier molecular flexibility index (Phi) is 1.77. The number of aliphatic hydroxyl groups is 1. The SMILES string of the molecule is CC(C)(O)N=CN. The van der Waals surface area contributed by atoms with Crippen LogP contribution in [0.4, 0.5) is 0 Å². The van der Waals surface area contributed by atoms with Gasteiger partial charge in [-0.3, -0.25) is 0 Å². The maximum absolute atomic E-state index is 8.74. The lowest BCUT2D eigenvalue weighted by atomic mass is 10.3. The van der Waals surface area contributed by atoms with E-state index in [0.29, 0.717) is 0 Å². The van der Waals surface area contributed by atoms with Gasteiger partial charge in [0.25, 0.3) is 0 Å². The molecule has 0 radical (unpaired) electrons. The van der Waals surface area contributed by atoms with Crippen molar-refractivity contribution >= 4 is 6.34 Å². The summed E-state index contributed by atoms with van der Waals surface area (Å²) < 4.78 is 0. The van der Waals surface area contributed by atoms with E-state index in [9.17, 15) is 0 Å². The van der Waals surface area contributed by atoms with Crippen molar-refractivity contribution in [3.8, 4) is 0 Å². The Labute approximate surface area is 42.9 Å². The van der Waals surface area contributed by atoms with Crippen molar-refractivity contribution in [2.45, 2.75) is 19.6 Å². The van der Waals surface area contributed by atoms with E-state index in [2.05, 4.69) is 4.99 Å². The van der Waals surface area contributed by atoms with Crippen molar-refractivity contribution in [2.24, 2.45) is 10.7 Å². The second kappa shape index (κ2) is 1.93. The Morgan fingerprint density at radius 2 is 2.14 bits per heavy atom. The third kappa shape index (κ3) is 5.43. The van der Waals surface area contributed by atoms with E-state index >= 15 is 0 Å². The van der Waals surface area contributed by atoms with Gasteiger partial charge in [0.05, 0.1) is 6.34 Å². The van der Waals surface area contributed by atoms with Gasteiger partial charge in [-0.2, -0.15) is 0 Å². The van der Waals surface area contributed by atoms with Crippen LogP contribution >= 0.6 is 0 Å². The highest BCUT2D eigenvalue weighted by Crippen LogP contribution is 1.98. The van der Waals surface area contributed by atoms with E-state index in [1.807, 2.05) is 0 Å². The maximum atomic E-state index is 8.74. The molecule has 3 heteroatoms. The first-order valence-electron chi connectivity index (χ1n) is 2.04. The zero-order valence-corrected chi connectivity index (χ0v) is 4.55. The topological polar surface area (TPSA) is 58.6 Å². The molecule has 3 nitrogen and oxygen atoms in total. The second-order valence-electron chi connectivity index (χ2n) is 1.77. The summed E-state index contributed by atoms with van der Waals surface area (Å²) in [4.78, 5) is 3.47. The monoisotopic (exact) mass is 102 g/mol. The Bertz CT molecular complexity index is 72.2. The summed E-state index contributed by atoms with van der Waals surface area (Å²) in [5, 5.41) is 8.74. The predicted molar refractivity (Wildman–Crippen MR) is 29.0 cm³/mol. The van der Waals surface area contributed by atoms with Gasteiger partial charge < -0.3 is 10.8 Å². The highest BCUT2D eigenvalue weighted by Gasteiger charge is 2.05. The summed E-state index contributed by atoms with van der Waals surface area (Å²) >= 11 is 0. The molecule has 0 aromatic carbocycles. The Balaban J connectivity index is 3.56. The van der Waals surface area contributed by atoms with Crippen LogP contribution in [-0.2, 0) is 0 Å². The lowest BCUT2D eigenvalue weighted by Crippen LogP contribution is -2.15. The van der Waals surface area contributed by atoms with Crippen molar-refractivity contribution in [3.63, 3.8) is 0 Å². The molecule has 0 aromatic heterocycles. The molecule has 0 bridgehead atoms. The molecule has 0 aliphatic rings. The molecule has 0 amide bonds. The first kappa shape index (κ1) is 6.43. The third-order valence-corrected chi connectivity index (χ3v) is 0.390. The molecule has 0 aliphatic heterocycles. The Hall–Kier alpha value is -0.570. The molecule has 7 heavy (non-hydrogen) atoms. The van der Waals surface area contributed by atoms with E-state index in [0.717, 1.165) is 6.34 Å². The molecule has 0 heterocycles. The average Bonchev–Trinajstić information content (AvgIpc) is 1.30. The Morgan fingerprint density at radius 1 is 1.71 bits per heavy atom. The van der Waals surface area contributed by atoms with E-state index in [4.69, 9.17) is 10.8 Å².